The molecule has 0 saturated carbocycles. The zero-order chi connectivity index (χ0) is 9.80. The van der Waals surface area contributed by atoms with Crippen molar-refractivity contribution in [3.63, 3.8) is 0 Å². The lowest BCUT2D eigenvalue weighted by Gasteiger charge is -2.24. The molecule has 0 spiro atoms. The maximum Gasteiger partial charge on any atom is 0.0447 e. The summed E-state index contributed by atoms with van der Waals surface area (Å²) in [6, 6.07) is 9.43. The van der Waals surface area contributed by atoms with Crippen LogP contribution in [0.1, 0.15) is 24.1 Å². The molecule has 76 valence electrons. The number of hydrogen-bond donors (Lipinski definition) is 2. The predicted molar refractivity (Wildman–Crippen MR) is 59.4 cm³/mol. The first-order valence-corrected chi connectivity index (χ1v) is 5.43. The van der Waals surface area contributed by atoms with E-state index in [9.17, 15) is 0 Å². The predicted octanol–water partition coefficient (Wildman–Crippen LogP) is 1.48. The highest BCUT2D eigenvalue weighted by molar-refractivity contribution is 5.25. The molecule has 0 bridgehead atoms. The zero-order valence-electron chi connectivity index (χ0n) is 8.72. The summed E-state index contributed by atoms with van der Waals surface area (Å²) in [6.07, 6.45) is 1.12. The Labute approximate surface area is 85.7 Å². The molecule has 1 heterocycles. The van der Waals surface area contributed by atoms with E-state index >= 15 is 0 Å². The number of rotatable bonds is 2. The Morgan fingerprint density at radius 3 is 2.57 bits per heavy atom. The first-order valence-electron chi connectivity index (χ1n) is 5.43. The molecule has 0 amide bonds. The van der Waals surface area contributed by atoms with Crippen LogP contribution in [0.4, 0.5) is 0 Å². The van der Waals surface area contributed by atoms with Gasteiger partial charge < -0.3 is 10.6 Å². The van der Waals surface area contributed by atoms with Crippen LogP contribution in [0.5, 0.6) is 0 Å². The highest BCUT2D eigenvalue weighted by Gasteiger charge is 2.13. The van der Waals surface area contributed by atoms with Gasteiger partial charge in [0.05, 0.1) is 0 Å². The summed E-state index contributed by atoms with van der Waals surface area (Å²) in [7, 11) is 0. The molecule has 0 aromatic heterocycles. The summed E-state index contributed by atoms with van der Waals surface area (Å²) in [6.45, 7) is 5.39. The minimum atomic E-state index is 0.495. The first-order chi connectivity index (χ1) is 6.90. The van der Waals surface area contributed by atoms with Gasteiger partial charge in [-0.15, -0.1) is 0 Å². The van der Waals surface area contributed by atoms with Crippen LogP contribution in [0, 0.1) is 0 Å². The van der Waals surface area contributed by atoms with Crippen molar-refractivity contribution in [1.82, 2.24) is 10.6 Å². The number of nitrogens with one attached hydrogen (secondary N) is 2. The van der Waals surface area contributed by atoms with Crippen molar-refractivity contribution < 1.29 is 0 Å². The Bertz CT molecular complexity index is 273. The summed E-state index contributed by atoms with van der Waals surface area (Å²) in [5, 5.41) is 6.91. The zero-order valence-corrected chi connectivity index (χ0v) is 8.72. The maximum atomic E-state index is 3.51. The van der Waals surface area contributed by atoms with Gasteiger partial charge in [0.25, 0.3) is 0 Å². The molecule has 0 aliphatic carbocycles. The standard InChI is InChI=1S/C12H18N2/c1-2-10-3-5-11(6-4-10)12-9-13-7-8-14-12/h3-6,12-14H,2,7-9H2,1H3/t12-/m0/s1. The molecule has 2 nitrogen and oxygen atoms in total. The van der Waals surface area contributed by atoms with Crippen molar-refractivity contribution in [3.8, 4) is 0 Å². The third kappa shape index (κ3) is 2.14. The minimum Gasteiger partial charge on any atom is -0.314 e. The molecule has 1 aliphatic rings. The molecule has 1 saturated heterocycles. The maximum absolute atomic E-state index is 3.51. The van der Waals surface area contributed by atoms with E-state index in [1.54, 1.807) is 0 Å². The van der Waals surface area contributed by atoms with Gasteiger partial charge in [-0.05, 0) is 17.5 Å². The molecule has 1 aliphatic heterocycles. The molecule has 0 radical (unpaired) electrons. The van der Waals surface area contributed by atoms with Crippen LogP contribution in [0.3, 0.4) is 0 Å². The van der Waals surface area contributed by atoms with Crippen molar-refractivity contribution >= 4 is 0 Å². The van der Waals surface area contributed by atoms with Crippen molar-refractivity contribution in [2.45, 2.75) is 19.4 Å². The third-order valence-corrected chi connectivity index (χ3v) is 2.83. The number of hydrogen-bond acceptors (Lipinski definition) is 2. The second-order valence-electron chi connectivity index (χ2n) is 3.81. The van der Waals surface area contributed by atoms with Crippen LogP contribution in [0.2, 0.25) is 0 Å². The molecule has 1 aromatic rings. The van der Waals surface area contributed by atoms with E-state index < -0.39 is 0 Å². The Kier molecular flexibility index (Phi) is 3.17. The van der Waals surface area contributed by atoms with Gasteiger partial charge in [0.1, 0.15) is 0 Å². The quantitative estimate of drug-likeness (QED) is 0.738. The highest BCUT2D eigenvalue weighted by Crippen LogP contribution is 2.14. The fourth-order valence-corrected chi connectivity index (χ4v) is 1.87. The smallest absolute Gasteiger partial charge is 0.0447 e. The fraction of sp³-hybridized carbons (Fsp3) is 0.500. The summed E-state index contributed by atoms with van der Waals surface area (Å²) >= 11 is 0. The first kappa shape index (κ1) is 9.69. The Hall–Kier alpha value is -0.860. The summed E-state index contributed by atoms with van der Waals surface area (Å²) in [5.41, 5.74) is 2.81. The van der Waals surface area contributed by atoms with Gasteiger partial charge in [-0.2, -0.15) is 0 Å². The number of benzene rings is 1. The monoisotopic (exact) mass is 190 g/mol. The third-order valence-electron chi connectivity index (χ3n) is 2.83. The fourth-order valence-electron chi connectivity index (χ4n) is 1.87. The van der Waals surface area contributed by atoms with Crippen LogP contribution in [-0.4, -0.2) is 19.6 Å². The Morgan fingerprint density at radius 1 is 1.21 bits per heavy atom. The Balaban J connectivity index is 2.07. The summed E-state index contributed by atoms with van der Waals surface area (Å²) in [4.78, 5) is 0. The minimum absolute atomic E-state index is 0.495. The van der Waals surface area contributed by atoms with Gasteiger partial charge in [-0.1, -0.05) is 31.2 Å². The van der Waals surface area contributed by atoms with Gasteiger partial charge in [-0.3, -0.25) is 0 Å². The van der Waals surface area contributed by atoms with Gasteiger partial charge in [0, 0.05) is 25.7 Å². The lowest BCUT2D eigenvalue weighted by Crippen LogP contribution is -2.42. The number of piperazine rings is 1. The van der Waals surface area contributed by atoms with Crippen LogP contribution < -0.4 is 10.6 Å². The van der Waals surface area contributed by atoms with Crippen molar-refractivity contribution in [3.05, 3.63) is 35.4 Å². The van der Waals surface area contributed by atoms with Gasteiger partial charge in [-0.25, -0.2) is 0 Å². The summed E-state index contributed by atoms with van der Waals surface area (Å²) in [5.74, 6) is 0. The highest BCUT2D eigenvalue weighted by atomic mass is 15.1. The van der Waals surface area contributed by atoms with Crippen LogP contribution in [0.25, 0.3) is 0 Å². The number of aryl methyl sites for hydroxylation is 1. The van der Waals surface area contributed by atoms with E-state index in [2.05, 4.69) is 41.8 Å². The molecule has 1 fully saturated rings. The second-order valence-corrected chi connectivity index (χ2v) is 3.81. The van der Waals surface area contributed by atoms with E-state index in [1.807, 2.05) is 0 Å². The summed E-state index contributed by atoms with van der Waals surface area (Å²) < 4.78 is 0. The van der Waals surface area contributed by atoms with E-state index in [1.165, 1.54) is 11.1 Å². The lowest BCUT2D eigenvalue weighted by atomic mass is 10.0. The van der Waals surface area contributed by atoms with Gasteiger partial charge in [0.2, 0.25) is 0 Å². The van der Waals surface area contributed by atoms with E-state index in [0.29, 0.717) is 6.04 Å². The average Bonchev–Trinajstić information content (AvgIpc) is 2.30. The van der Waals surface area contributed by atoms with Crippen molar-refractivity contribution in [2.75, 3.05) is 19.6 Å². The van der Waals surface area contributed by atoms with Crippen LogP contribution in [-0.2, 0) is 6.42 Å². The van der Waals surface area contributed by atoms with Crippen LogP contribution in [0.15, 0.2) is 24.3 Å². The molecular weight excluding hydrogens is 172 g/mol. The molecule has 14 heavy (non-hydrogen) atoms. The SMILES string of the molecule is CCc1ccc([C@@H]2CNCCN2)cc1. The molecule has 2 rings (SSSR count). The van der Waals surface area contributed by atoms with Crippen molar-refractivity contribution in [2.24, 2.45) is 0 Å². The second kappa shape index (κ2) is 4.58. The van der Waals surface area contributed by atoms with E-state index in [0.717, 1.165) is 26.1 Å². The van der Waals surface area contributed by atoms with Crippen LogP contribution >= 0.6 is 0 Å². The van der Waals surface area contributed by atoms with E-state index in [-0.39, 0.29) is 0 Å². The Morgan fingerprint density at radius 2 is 2.00 bits per heavy atom. The normalized spacial score (nSPS) is 22.2. The molecule has 2 heteroatoms. The molecule has 2 N–H and O–H groups in total. The lowest BCUT2D eigenvalue weighted by molar-refractivity contribution is 0.430. The average molecular weight is 190 g/mol. The van der Waals surface area contributed by atoms with Gasteiger partial charge in [0.15, 0.2) is 0 Å². The van der Waals surface area contributed by atoms with E-state index in [4.69, 9.17) is 0 Å². The van der Waals surface area contributed by atoms with Gasteiger partial charge >= 0.3 is 0 Å². The molecule has 1 aromatic carbocycles. The topological polar surface area (TPSA) is 24.1 Å². The molecule has 1 atom stereocenters. The van der Waals surface area contributed by atoms with Crippen molar-refractivity contribution in [1.29, 1.82) is 0 Å². The largest absolute Gasteiger partial charge is 0.314 e. The molecule has 0 unspecified atom stereocenters. The molecular formula is C12H18N2.